The van der Waals surface area contributed by atoms with Crippen LogP contribution in [0.2, 0.25) is 0 Å². The highest BCUT2D eigenvalue weighted by atomic mass is 79.9. The number of hydrogen-bond acceptors (Lipinski definition) is 1. The summed E-state index contributed by atoms with van der Waals surface area (Å²) in [5.41, 5.74) is 6.31. The fourth-order valence-corrected chi connectivity index (χ4v) is 2.36. The summed E-state index contributed by atoms with van der Waals surface area (Å²) in [4.78, 5) is 11.1. The van der Waals surface area contributed by atoms with Crippen molar-refractivity contribution in [3.63, 3.8) is 0 Å². The molecule has 0 saturated carbocycles. The number of rotatable bonds is 1. The Morgan fingerprint density at radius 1 is 1.47 bits per heavy atom. The Bertz CT molecular complexity index is 562. The number of halogens is 2. The molecule has 0 saturated heterocycles. The van der Waals surface area contributed by atoms with Crippen LogP contribution in [-0.2, 0) is 7.05 Å². The average Bonchev–Trinajstić information content (AvgIpc) is 2.42. The number of benzene rings is 1. The standard InChI is InChI=1S/C10H8BrFN2O/c1-14-8(10(13)15)3-5-2-6(12)4-7(11)9(5)14/h2-4H,1H3,(H2,13,15). The molecule has 78 valence electrons. The molecular weight excluding hydrogens is 263 g/mol. The molecule has 2 rings (SSSR count). The van der Waals surface area contributed by atoms with Crippen LogP contribution < -0.4 is 5.73 Å². The molecular formula is C10H8BrFN2O. The molecule has 2 aromatic rings. The number of primary amides is 1. The van der Waals surface area contributed by atoms with Crippen molar-refractivity contribution in [2.45, 2.75) is 0 Å². The van der Waals surface area contributed by atoms with E-state index in [1.165, 1.54) is 12.1 Å². The third-order valence-electron chi connectivity index (χ3n) is 2.30. The molecule has 3 nitrogen and oxygen atoms in total. The molecule has 1 aromatic carbocycles. The summed E-state index contributed by atoms with van der Waals surface area (Å²) in [6.45, 7) is 0. The molecule has 0 aliphatic heterocycles. The van der Waals surface area contributed by atoms with Crippen LogP contribution in [0.15, 0.2) is 22.7 Å². The van der Waals surface area contributed by atoms with Crippen LogP contribution in [0, 0.1) is 5.82 Å². The molecule has 2 N–H and O–H groups in total. The fraction of sp³-hybridized carbons (Fsp3) is 0.100. The Morgan fingerprint density at radius 3 is 2.73 bits per heavy atom. The summed E-state index contributed by atoms with van der Waals surface area (Å²) in [5.74, 6) is -0.878. The van der Waals surface area contributed by atoms with Crippen LogP contribution in [0.25, 0.3) is 10.9 Å². The van der Waals surface area contributed by atoms with Gasteiger partial charge >= 0.3 is 0 Å². The van der Waals surface area contributed by atoms with Gasteiger partial charge in [0.15, 0.2) is 0 Å². The molecule has 0 atom stereocenters. The van der Waals surface area contributed by atoms with Gasteiger partial charge in [-0.3, -0.25) is 4.79 Å². The normalized spacial score (nSPS) is 10.9. The largest absolute Gasteiger partial charge is 0.364 e. The van der Waals surface area contributed by atoms with Gasteiger partial charge in [0.25, 0.3) is 5.91 Å². The summed E-state index contributed by atoms with van der Waals surface area (Å²) in [5, 5.41) is 0.651. The van der Waals surface area contributed by atoms with Crippen LogP contribution in [0.5, 0.6) is 0 Å². The molecule has 1 heterocycles. The average molecular weight is 271 g/mol. The van der Waals surface area contributed by atoms with E-state index >= 15 is 0 Å². The van der Waals surface area contributed by atoms with Crippen LogP contribution >= 0.6 is 15.9 Å². The van der Waals surface area contributed by atoms with Crippen molar-refractivity contribution < 1.29 is 9.18 Å². The zero-order valence-corrected chi connectivity index (χ0v) is 9.51. The summed E-state index contributed by atoms with van der Waals surface area (Å²) < 4.78 is 15.3. The van der Waals surface area contributed by atoms with Crippen molar-refractivity contribution >= 4 is 32.7 Å². The van der Waals surface area contributed by atoms with Gasteiger partial charge in [-0.05, 0) is 34.1 Å². The monoisotopic (exact) mass is 270 g/mol. The Hall–Kier alpha value is -1.36. The first kappa shape index (κ1) is 10.2. The van der Waals surface area contributed by atoms with Crippen molar-refractivity contribution in [3.05, 3.63) is 34.2 Å². The second-order valence-electron chi connectivity index (χ2n) is 3.28. The second kappa shape index (κ2) is 3.34. The van der Waals surface area contributed by atoms with Crippen molar-refractivity contribution in [2.24, 2.45) is 12.8 Å². The topological polar surface area (TPSA) is 48.0 Å². The number of aryl methyl sites for hydroxylation is 1. The van der Waals surface area contributed by atoms with Crippen molar-refractivity contribution in [1.82, 2.24) is 4.57 Å². The predicted molar refractivity (Wildman–Crippen MR) is 59.1 cm³/mol. The Labute approximate surface area is 93.8 Å². The highest BCUT2D eigenvalue weighted by molar-refractivity contribution is 9.10. The Kier molecular flexibility index (Phi) is 2.26. The maximum absolute atomic E-state index is 13.1. The maximum atomic E-state index is 13.1. The molecule has 0 aliphatic carbocycles. The first-order valence-electron chi connectivity index (χ1n) is 4.25. The number of carbonyl (C=O) groups is 1. The van der Waals surface area contributed by atoms with Gasteiger partial charge in [0.05, 0.1) is 5.52 Å². The van der Waals surface area contributed by atoms with Gasteiger partial charge in [-0.1, -0.05) is 0 Å². The fourth-order valence-electron chi connectivity index (χ4n) is 1.65. The highest BCUT2D eigenvalue weighted by Gasteiger charge is 2.13. The number of nitrogens with zero attached hydrogens (tertiary/aromatic N) is 1. The molecule has 0 aliphatic rings. The van der Waals surface area contributed by atoms with E-state index in [0.717, 1.165) is 5.52 Å². The molecule has 0 fully saturated rings. The van der Waals surface area contributed by atoms with Gasteiger partial charge in [0.2, 0.25) is 0 Å². The molecule has 0 unspecified atom stereocenters. The van der Waals surface area contributed by atoms with Crippen molar-refractivity contribution in [3.8, 4) is 0 Å². The van der Waals surface area contributed by atoms with Gasteiger partial charge in [0, 0.05) is 16.9 Å². The Balaban J connectivity index is 2.88. The lowest BCUT2D eigenvalue weighted by molar-refractivity contribution is 0.0993. The zero-order chi connectivity index (χ0) is 11.2. The molecule has 0 spiro atoms. The van der Waals surface area contributed by atoms with Crippen LogP contribution in [0.4, 0.5) is 4.39 Å². The number of hydrogen-bond donors (Lipinski definition) is 1. The Morgan fingerprint density at radius 2 is 2.13 bits per heavy atom. The smallest absolute Gasteiger partial charge is 0.265 e. The zero-order valence-electron chi connectivity index (χ0n) is 7.92. The molecule has 15 heavy (non-hydrogen) atoms. The highest BCUT2D eigenvalue weighted by Crippen LogP contribution is 2.27. The third kappa shape index (κ3) is 1.52. The molecule has 0 radical (unpaired) electrons. The van der Waals surface area contributed by atoms with E-state index in [1.807, 2.05) is 0 Å². The lowest BCUT2D eigenvalue weighted by atomic mass is 10.2. The van der Waals surface area contributed by atoms with Gasteiger partial charge in [-0.25, -0.2) is 4.39 Å². The number of nitrogens with two attached hydrogens (primary N) is 1. The number of amides is 1. The van der Waals surface area contributed by atoms with E-state index in [-0.39, 0.29) is 5.82 Å². The van der Waals surface area contributed by atoms with Gasteiger partial charge < -0.3 is 10.3 Å². The lowest BCUT2D eigenvalue weighted by Crippen LogP contribution is -2.14. The minimum Gasteiger partial charge on any atom is -0.364 e. The van der Waals surface area contributed by atoms with E-state index in [4.69, 9.17) is 5.73 Å². The summed E-state index contributed by atoms with van der Waals surface area (Å²) >= 11 is 3.25. The molecule has 0 bridgehead atoms. The SMILES string of the molecule is Cn1c(C(N)=O)cc2cc(F)cc(Br)c21. The van der Waals surface area contributed by atoms with E-state index in [2.05, 4.69) is 15.9 Å². The summed E-state index contributed by atoms with van der Waals surface area (Å²) in [7, 11) is 1.71. The summed E-state index contributed by atoms with van der Waals surface area (Å²) in [6, 6.07) is 4.30. The second-order valence-corrected chi connectivity index (χ2v) is 4.13. The van der Waals surface area contributed by atoms with E-state index in [1.54, 1.807) is 17.7 Å². The first-order chi connectivity index (χ1) is 7.00. The number of fused-ring (bicyclic) bond motifs is 1. The van der Waals surface area contributed by atoms with E-state index in [9.17, 15) is 9.18 Å². The molecule has 1 aromatic heterocycles. The molecule has 5 heteroatoms. The van der Waals surface area contributed by atoms with Crippen LogP contribution in [0.1, 0.15) is 10.5 Å². The van der Waals surface area contributed by atoms with Crippen LogP contribution in [-0.4, -0.2) is 10.5 Å². The predicted octanol–water partition coefficient (Wildman–Crippen LogP) is 2.18. The number of carbonyl (C=O) groups excluding carboxylic acids is 1. The quantitative estimate of drug-likeness (QED) is 0.849. The number of aromatic nitrogens is 1. The summed E-state index contributed by atoms with van der Waals surface area (Å²) in [6.07, 6.45) is 0. The van der Waals surface area contributed by atoms with E-state index in [0.29, 0.717) is 15.6 Å². The minimum atomic E-state index is -0.527. The van der Waals surface area contributed by atoms with Gasteiger partial charge in [-0.15, -0.1) is 0 Å². The first-order valence-corrected chi connectivity index (χ1v) is 5.04. The molecule has 1 amide bonds. The van der Waals surface area contributed by atoms with E-state index < -0.39 is 5.91 Å². The third-order valence-corrected chi connectivity index (χ3v) is 2.90. The van der Waals surface area contributed by atoms with Crippen molar-refractivity contribution in [2.75, 3.05) is 0 Å². The minimum absolute atomic E-state index is 0.351. The van der Waals surface area contributed by atoms with Gasteiger partial charge in [-0.2, -0.15) is 0 Å². The van der Waals surface area contributed by atoms with Gasteiger partial charge in [0.1, 0.15) is 11.5 Å². The van der Waals surface area contributed by atoms with Crippen LogP contribution in [0.3, 0.4) is 0 Å². The van der Waals surface area contributed by atoms with Crippen molar-refractivity contribution in [1.29, 1.82) is 0 Å². The lowest BCUT2D eigenvalue weighted by Gasteiger charge is -2.01. The maximum Gasteiger partial charge on any atom is 0.265 e.